The highest BCUT2D eigenvalue weighted by atomic mass is 32.2. The fraction of sp³-hybridized carbons (Fsp3) is 0.235. The molecule has 2 N–H and O–H groups in total. The minimum Gasteiger partial charge on any atom is -0.383 e. The van der Waals surface area contributed by atoms with E-state index < -0.39 is 45.0 Å². The molecule has 0 heterocycles. The predicted molar refractivity (Wildman–Crippen MR) is 92.4 cm³/mol. The van der Waals surface area contributed by atoms with Crippen molar-refractivity contribution in [3.05, 3.63) is 59.4 Å². The molecule has 0 radical (unpaired) electrons. The fourth-order valence-corrected chi connectivity index (χ4v) is 3.49. The van der Waals surface area contributed by atoms with Crippen LogP contribution in [-0.2, 0) is 14.8 Å². The third-order valence-corrected chi connectivity index (χ3v) is 5.03. The molecule has 0 spiro atoms. The number of sulfonamides is 1. The maximum Gasteiger partial charge on any atom is 0.258 e. The number of carbonyl (C=O) groups excluding carboxylic acids is 1. The van der Waals surface area contributed by atoms with Gasteiger partial charge in [0.1, 0.15) is 5.82 Å². The summed E-state index contributed by atoms with van der Waals surface area (Å²) in [6.45, 7) is 1.69. The Morgan fingerprint density at radius 2 is 1.74 bits per heavy atom. The van der Waals surface area contributed by atoms with E-state index in [1.165, 1.54) is 7.11 Å². The number of halogens is 3. The summed E-state index contributed by atoms with van der Waals surface area (Å²) in [5.74, 6) is -4.29. The molecule has 2 aromatic carbocycles. The average molecular weight is 402 g/mol. The zero-order valence-corrected chi connectivity index (χ0v) is 15.2. The van der Waals surface area contributed by atoms with Crippen molar-refractivity contribution in [1.82, 2.24) is 4.72 Å². The van der Waals surface area contributed by atoms with E-state index >= 15 is 0 Å². The Morgan fingerprint density at radius 1 is 1.07 bits per heavy atom. The van der Waals surface area contributed by atoms with Gasteiger partial charge in [-0.2, -0.15) is 0 Å². The van der Waals surface area contributed by atoms with Gasteiger partial charge in [-0.25, -0.2) is 26.3 Å². The summed E-state index contributed by atoms with van der Waals surface area (Å²) in [4.78, 5) is 11.9. The van der Waals surface area contributed by atoms with Gasteiger partial charge in [0.25, 0.3) is 5.91 Å². The normalized spacial score (nSPS) is 12.6. The van der Waals surface area contributed by atoms with Crippen molar-refractivity contribution >= 4 is 21.6 Å². The Kier molecular flexibility index (Phi) is 6.58. The summed E-state index contributed by atoms with van der Waals surface area (Å²) in [6.07, 6.45) is 0. The van der Waals surface area contributed by atoms with Crippen LogP contribution in [0.15, 0.2) is 41.3 Å². The van der Waals surface area contributed by atoms with Gasteiger partial charge in [0.15, 0.2) is 11.6 Å². The molecule has 0 saturated carbocycles. The highest BCUT2D eigenvalue weighted by Crippen LogP contribution is 2.19. The second-order valence-electron chi connectivity index (χ2n) is 5.70. The number of anilines is 1. The van der Waals surface area contributed by atoms with Gasteiger partial charge in [0, 0.05) is 24.9 Å². The molecule has 0 fully saturated rings. The first-order valence-electron chi connectivity index (χ1n) is 7.71. The van der Waals surface area contributed by atoms with E-state index in [9.17, 15) is 26.4 Å². The summed E-state index contributed by atoms with van der Waals surface area (Å²) in [5.41, 5.74) is -0.680. The number of methoxy groups -OCH3 is 1. The number of hydrogen-bond donors (Lipinski definition) is 2. The maximum absolute atomic E-state index is 14.0. The molecule has 2 aromatic rings. The Morgan fingerprint density at radius 3 is 2.37 bits per heavy atom. The molecular formula is C17H17F3N2O4S. The van der Waals surface area contributed by atoms with Crippen molar-refractivity contribution < 1.29 is 31.1 Å². The largest absolute Gasteiger partial charge is 0.383 e. The van der Waals surface area contributed by atoms with Crippen LogP contribution in [0.3, 0.4) is 0 Å². The molecule has 0 aliphatic rings. The van der Waals surface area contributed by atoms with Crippen LogP contribution in [0.4, 0.5) is 18.9 Å². The molecular weight excluding hydrogens is 385 g/mol. The fourth-order valence-electron chi connectivity index (χ4n) is 2.23. The molecule has 10 heteroatoms. The maximum atomic E-state index is 14.0. The highest BCUT2D eigenvalue weighted by Gasteiger charge is 2.21. The van der Waals surface area contributed by atoms with Crippen LogP contribution in [0.1, 0.15) is 17.3 Å². The Balaban J connectivity index is 2.28. The molecule has 0 saturated heterocycles. The highest BCUT2D eigenvalue weighted by molar-refractivity contribution is 7.89. The molecule has 2 rings (SSSR count). The molecule has 146 valence electrons. The van der Waals surface area contributed by atoms with Crippen LogP contribution in [0.2, 0.25) is 0 Å². The summed E-state index contributed by atoms with van der Waals surface area (Å²) in [7, 11) is -2.62. The van der Waals surface area contributed by atoms with Crippen molar-refractivity contribution in [3.63, 3.8) is 0 Å². The van der Waals surface area contributed by atoms with Crippen LogP contribution < -0.4 is 10.0 Å². The Labute approximate surface area is 154 Å². The van der Waals surface area contributed by atoms with Gasteiger partial charge >= 0.3 is 0 Å². The lowest BCUT2D eigenvalue weighted by Gasteiger charge is -2.14. The minimum atomic E-state index is -4.03. The first-order valence-corrected chi connectivity index (χ1v) is 9.19. The lowest BCUT2D eigenvalue weighted by atomic mass is 10.2. The SMILES string of the molecule is COC[C@@H](C)NS(=O)(=O)c1ccc(F)c(C(=O)Nc2ccc(F)c(F)c2)c1. The van der Waals surface area contributed by atoms with E-state index in [2.05, 4.69) is 10.0 Å². The van der Waals surface area contributed by atoms with E-state index in [1.54, 1.807) is 6.92 Å². The first-order chi connectivity index (χ1) is 12.6. The molecule has 6 nitrogen and oxygen atoms in total. The van der Waals surface area contributed by atoms with E-state index in [0.29, 0.717) is 0 Å². The van der Waals surface area contributed by atoms with Crippen molar-refractivity contribution in [2.75, 3.05) is 19.0 Å². The third kappa shape index (κ3) is 5.28. The van der Waals surface area contributed by atoms with Crippen molar-refractivity contribution in [1.29, 1.82) is 0 Å². The number of amides is 1. The third-order valence-electron chi connectivity index (χ3n) is 3.44. The van der Waals surface area contributed by atoms with Crippen molar-refractivity contribution in [2.24, 2.45) is 0 Å². The second kappa shape index (κ2) is 8.51. The molecule has 1 amide bonds. The summed E-state index contributed by atoms with van der Waals surface area (Å²) in [5, 5.41) is 2.19. The number of nitrogens with one attached hydrogen (secondary N) is 2. The van der Waals surface area contributed by atoms with Gasteiger partial charge in [-0.3, -0.25) is 4.79 Å². The zero-order chi connectivity index (χ0) is 20.2. The standard InChI is InChI=1S/C17H17F3N2O4S/c1-10(9-26-2)22-27(24,25)12-4-6-14(18)13(8-12)17(23)21-11-3-5-15(19)16(20)7-11/h3-8,10,22H,9H2,1-2H3,(H,21,23)/t10-/m1/s1. The number of ether oxygens (including phenoxy) is 1. The topological polar surface area (TPSA) is 84.5 Å². The average Bonchev–Trinajstić information content (AvgIpc) is 2.58. The lowest BCUT2D eigenvalue weighted by molar-refractivity contribution is 0.102. The van der Waals surface area contributed by atoms with Crippen molar-refractivity contribution in [3.8, 4) is 0 Å². The zero-order valence-electron chi connectivity index (χ0n) is 14.4. The molecule has 1 atom stereocenters. The van der Waals surface area contributed by atoms with Crippen LogP contribution >= 0.6 is 0 Å². The first kappa shape index (κ1) is 20.9. The van der Waals surface area contributed by atoms with Gasteiger partial charge in [0.2, 0.25) is 10.0 Å². The monoisotopic (exact) mass is 402 g/mol. The van der Waals surface area contributed by atoms with Crippen LogP contribution in [0.25, 0.3) is 0 Å². The molecule has 0 aliphatic heterocycles. The second-order valence-corrected chi connectivity index (χ2v) is 7.42. The molecule has 0 bridgehead atoms. The van der Waals surface area contributed by atoms with Gasteiger partial charge in [0.05, 0.1) is 17.1 Å². The Bertz CT molecular complexity index is 951. The van der Waals surface area contributed by atoms with E-state index in [-0.39, 0.29) is 17.2 Å². The van der Waals surface area contributed by atoms with Crippen LogP contribution in [-0.4, -0.2) is 34.1 Å². The van der Waals surface area contributed by atoms with Crippen LogP contribution in [0, 0.1) is 17.5 Å². The van der Waals surface area contributed by atoms with E-state index in [0.717, 1.165) is 36.4 Å². The number of hydrogen-bond acceptors (Lipinski definition) is 4. The Hall–Kier alpha value is -2.43. The van der Waals surface area contributed by atoms with Gasteiger partial charge < -0.3 is 10.1 Å². The molecule has 0 aromatic heterocycles. The van der Waals surface area contributed by atoms with Gasteiger partial charge in [-0.05, 0) is 37.3 Å². The van der Waals surface area contributed by atoms with E-state index in [4.69, 9.17) is 4.74 Å². The van der Waals surface area contributed by atoms with Gasteiger partial charge in [-0.1, -0.05) is 0 Å². The molecule has 27 heavy (non-hydrogen) atoms. The van der Waals surface area contributed by atoms with Gasteiger partial charge in [-0.15, -0.1) is 0 Å². The molecule has 0 unspecified atom stereocenters. The van der Waals surface area contributed by atoms with E-state index in [1.807, 2.05) is 0 Å². The number of rotatable bonds is 7. The predicted octanol–water partition coefficient (Wildman–Crippen LogP) is 2.67. The number of benzene rings is 2. The summed E-state index contributed by atoms with van der Waals surface area (Å²) >= 11 is 0. The minimum absolute atomic E-state index is 0.113. The van der Waals surface area contributed by atoms with Crippen molar-refractivity contribution in [2.45, 2.75) is 17.9 Å². The quantitative estimate of drug-likeness (QED) is 0.746. The summed E-state index contributed by atoms with van der Waals surface area (Å²) < 4.78 is 72.0. The lowest BCUT2D eigenvalue weighted by Crippen LogP contribution is -2.35. The molecule has 0 aliphatic carbocycles. The van der Waals surface area contributed by atoms with Crippen LogP contribution in [0.5, 0.6) is 0 Å². The smallest absolute Gasteiger partial charge is 0.258 e. The number of carbonyl (C=O) groups is 1. The summed E-state index contributed by atoms with van der Waals surface area (Å²) in [6, 6.07) is 4.74.